The van der Waals surface area contributed by atoms with Crippen molar-refractivity contribution in [3.05, 3.63) is 41.0 Å². The van der Waals surface area contributed by atoms with Gasteiger partial charge in [0, 0.05) is 23.3 Å². The smallest absolute Gasteiger partial charge is 0.251 e. The number of amides is 1. The normalized spacial score (nSPS) is 13.7. The minimum absolute atomic E-state index is 0.0878. The number of hydrogen-bond donors (Lipinski definition) is 3. The van der Waals surface area contributed by atoms with Gasteiger partial charge in [-0.15, -0.1) is 0 Å². The Morgan fingerprint density at radius 2 is 1.96 bits per heavy atom. The van der Waals surface area contributed by atoms with Crippen molar-refractivity contribution in [1.29, 1.82) is 0 Å². The molecule has 1 saturated carbocycles. The molecule has 0 radical (unpaired) electrons. The molecule has 6 nitrogen and oxygen atoms in total. The van der Waals surface area contributed by atoms with E-state index < -0.39 is 0 Å². The topological polar surface area (TPSA) is 78.9 Å². The summed E-state index contributed by atoms with van der Waals surface area (Å²) < 4.78 is 0. The molecular weight excluding hydrogens is 326 g/mol. The first-order valence-electron chi connectivity index (χ1n) is 7.98. The molecule has 1 aromatic heterocycles. The van der Waals surface area contributed by atoms with Gasteiger partial charge in [0.1, 0.15) is 5.02 Å². The van der Waals surface area contributed by atoms with E-state index in [4.69, 9.17) is 11.6 Å². The monoisotopic (exact) mass is 345 g/mol. The Hall–Kier alpha value is -2.34. The summed E-state index contributed by atoms with van der Waals surface area (Å²) in [7, 11) is 0. The molecule has 0 unspecified atom stereocenters. The molecule has 1 aromatic carbocycles. The third-order valence-electron chi connectivity index (χ3n) is 3.49. The maximum atomic E-state index is 11.9. The standard InChI is InChI=1S/C17H20ClN5O/c1-10(2)20-16(24)11-3-5-13(6-4-11)22-17-19-9-14(18)15(23-17)21-12-7-8-12/h3-6,9-10,12H,7-8H2,1-2H3,(H,20,24)(H2,19,21,22,23). The second-order valence-corrected chi connectivity index (χ2v) is 6.55. The molecule has 2 aromatic rings. The van der Waals surface area contributed by atoms with E-state index in [0.717, 1.165) is 18.5 Å². The zero-order valence-corrected chi connectivity index (χ0v) is 14.4. The van der Waals surface area contributed by atoms with Crippen LogP contribution in [0, 0.1) is 0 Å². The number of hydrogen-bond acceptors (Lipinski definition) is 5. The zero-order valence-electron chi connectivity index (χ0n) is 13.6. The van der Waals surface area contributed by atoms with Gasteiger partial charge in [-0.3, -0.25) is 4.79 Å². The van der Waals surface area contributed by atoms with Crippen LogP contribution in [-0.2, 0) is 0 Å². The lowest BCUT2D eigenvalue weighted by Gasteiger charge is -2.11. The van der Waals surface area contributed by atoms with Gasteiger partial charge in [-0.25, -0.2) is 4.98 Å². The minimum atomic E-state index is -0.0878. The molecule has 0 saturated heterocycles. The Bertz CT molecular complexity index is 728. The molecule has 7 heteroatoms. The second kappa shape index (κ2) is 7.05. The third kappa shape index (κ3) is 4.35. The predicted octanol–water partition coefficient (Wildman–Crippen LogP) is 3.59. The van der Waals surface area contributed by atoms with Crippen molar-refractivity contribution in [2.75, 3.05) is 10.6 Å². The fraction of sp³-hybridized carbons (Fsp3) is 0.353. The largest absolute Gasteiger partial charge is 0.366 e. The lowest BCUT2D eigenvalue weighted by Crippen LogP contribution is -2.29. The molecule has 126 valence electrons. The van der Waals surface area contributed by atoms with Gasteiger partial charge in [0.2, 0.25) is 5.95 Å². The van der Waals surface area contributed by atoms with Crippen molar-refractivity contribution in [1.82, 2.24) is 15.3 Å². The maximum absolute atomic E-state index is 11.9. The Balaban J connectivity index is 1.68. The van der Waals surface area contributed by atoms with Gasteiger partial charge in [0.05, 0.1) is 6.20 Å². The number of benzene rings is 1. The van der Waals surface area contributed by atoms with Crippen molar-refractivity contribution in [3.63, 3.8) is 0 Å². The van der Waals surface area contributed by atoms with E-state index in [-0.39, 0.29) is 11.9 Å². The number of halogens is 1. The molecule has 0 spiro atoms. The van der Waals surface area contributed by atoms with Gasteiger partial charge in [-0.05, 0) is 51.0 Å². The summed E-state index contributed by atoms with van der Waals surface area (Å²) in [5.41, 5.74) is 1.41. The number of carbonyl (C=O) groups excluding carboxylic acids is 1. The highest BCUT2D eigenvalue weighted by Crippen LogP contribution is 2.28. The lowest BCUT2D eigenvalue weighted by molar-refractivity contribution is 0.0943. The van der Waals surface area contributed by atoms with Gasteiger partial charge >= 0.3 is 0 Å². The van der Waals surface area contributed by atoms with Crippen LogP contribution in [0.15, 0.2) is 30.5 Å². The van der Waals surface area contributed by atoms with E-state index in [1.165, 1.54) is 0 Å². The molecule has 24 heavy (non-hydrogen) atoms. The van der Waals surface area contributed by atoms with Gasteiger partial charge in [0.15, 0.2) is 5.82 Å². The van der Waals surface area contributed by atoms with E-state index in [2.05, 4.69) is 25.9 Å². The van der Waals surface area contributed by atoms with Crippen LogP contribution in [0.4, 0.5) is 17.5 Å². The Labute approximate surface area is 146 Å². The molecule has 1 aliphatic rings. The molecule has 0 aliphatic heterocycles. The van der Waals surface area contributed by atoms with Crippen LogP contribution in [0.2, 0.25) is 5.02 Å². The first kappa shape index (κ1) is 16.5. The maximum Gasteiger partial charge on any atom is 0.251 e. The summed E-state index contributed by atoms with van der Waals surface area (Å²) in [6.45, 7) is 3.86. The van der Waals surface area contributed by atoms with Crippen molar-refractivity contribution in [2.24, 2.45) is 0 Å². The summed E-state index contributed by atoms with van der Waals surface area (Å²) in [5.74, 6) is 1.02. The zero-order chi connectivity index (χ0) is 17.1. The number of rotatable bonds is 6. The van der Waals surface area contributed by atoms with Crippen LogP contribution >= 0.6 is 11.6 Å². The molecule has 3 rings (SSSR count). The van der Waals surface area contributed by atoms with E-state index >= 15 is 0 Å². The SMILES string of the molecule is CC(C)NC(=O)c1ccc(Nc2ncc(Cl)c(NC3CC3)n2)cc1. The number of nitrogens with zero attached hydrogens (tertiary/aromatic N) is 2. The number of anilines is 3. The van der Waals surface area contributed by atoms with E-state index in [1.807, 2.05) is 26.0 Å². The van der Waals surface area contributed by atoms with Crippen LogP contribution in [0.5, 0.6) is 0 Å². The second-order valence-electron chi connectivity index (χ2n) is 6.14. The van der Waals surface area contributed by atoms with Gasteiger partial charge in [0.25, 0.3) is 5.91 Å². The molecule has 1 heterocycles. The summed E-state index contributed by atoms with van der Waals surface area (Å²) in [4.78, 5) is 20.5. The quantitative estimate of drug-likeness (QED) is 0.745. The molecular formula is C17H20ClN5O. The highest BCUT2D eigenvalue weighted by atomic mass is 35.5. The molecule has 1 aliphatic carbocycles. The predicted molar refractivity (Wildman–Crippen MR) is 96.0 cm³/mol. The van der Waals surface area contributed by atoms with Crippen molar-refractivity contribution < 1.29 is 4.79 Å². The van der Waals surface area contributed by atoms with Gasteiger partial charge in [-0.1, -0.05) is 11.6 Å². The number of nitrogens with one attached hydrogen (secondary N) is 3. The first-order valence-corrected chi connectivity index (χ1v) is 8.36. The van der Waals surface area contributed by atoms with Crippen LogP contribution < -0.4 is 16.0 Å². The molecule has 1 fully saturated rings. The molecule has 0 bridgehead atoms. The van der Waals surface area contributed by atoms with E-state index in [1.54, 1.807) is 18.3 Å². The van der Waals surface area contributed by atoms with E-state index in [0.29, 0.717) is 28.4 Å². The summed E-state index contributed by atoms with van der Waals surface area (Å²) >= 11 is 6.11. The van der Waals surface area contributed by atoms with Crippen molar-refractivity contribution in [2.45, 2.75) is 38.8 Å². The average Bonchev–Trinajstić information content (AvgIpc) is 3.35. The van der Waals surface area contributed by atoms with Crippen LogP contribution in [-0.4, -0.2) is 28.0 Å². The minimum Gasteiger partial charge on any atom is -0.366 e. The first-order chi connectivity index (χ1) is 11.5. The van der Waals surface area contributed by atoms with Gasteiger partial charge < -0.3 is 16.0 Å². The molecule has 1 amide bonds. The lowest BCUT2D eigenvalue weighted by atomic mass is 10.2. The summed E-state index contributed by atoms with van der Waals surface area (Å²) in [5, 5.41) is 9.76. The van der Waals surface area contributed by atoms with Crippen molar-refractivity contribution >= 4 is 35.0 Å². The van der Waals surface area contributed by atoms with Crippen LogP contribution in [0.3, 0.4) is 0 Å². The Morgan fingerprint density at radius 3 is 2.58 bits per heavy atom. The third-order valence-corrected chi connectivity index (χ3v) is 3.76. The van der Waals surface area contributed by atoms with Crippen LogP contribution in [0.1, 0.15) is 37.0 Å². The highest BCUT2D eigenvalue weighted by Gasteiger charge is 2.22. The Morgan fingerprint density at radius 1 is 1.25 bits per heavy atom. The number of carbonyl (C=O) groups is 1. The summed E-state index contributed by atoms with van der Waals surface area (Å²) in [6, 6.07) is 7.74. The molecule has 3 N–H and O–H groups in total. The fourth-order valence-corrected chi connectivity index (χ4v) is 2.27. The van der Waals surface area contributed by atoms with E-state index in [9.17, 15) is 4.79 Å². The average molecular weight is 346 g/mol. The van der Waals surface area contributed by atoms with Crippen molar-refractivity contribution in [3.8, 4) is 0 Å². The van der Waals surface area contributed by atoms with Gasteiger partial charge in [-0.2, -0.15) is 4.98 Å². The van der Waals surface area contributed by atoms with Crippen LogP contribution in [0.25, 0.3) is 0 Å². The number of aromatic nitrogens is 2. The summed E-state index contributed by atoms with van der Waals surface area (Å²) in [6.07, 6.45) is 3.86. The fourth-order valence-electron chi connectivity index (χ4n) is 2.13. The highest BCUT2D eigenvalue weighted by molar-refractivity contribution is 6.32. The Kier molecular flexibility index (Phi) is 4.85. The molecule has 0 atom stereocenters.